The summed E-state index contributed by atoms with van der Waals surface area (Å²) in [6, 6.07) is 0. The molecule has 0 bridgehead atoms. The van der Waals surface area contributed by atoms with Gasteiger partial charge in [0.1, 0.15) is 12.7 Å². The van der Waals surface area contributed by atoms with Crippen molar-refractivity contribution in [1.29, 1.82) is 0 Å². The second-order valence-electron chi connectivity index (χ2n) is 14.6. The van der Waals surface area contributed by atoms with E-state index in [1.807, 2.05) is 36.5 Å². The summed E-state index contributed by atoms with van der Waals surface area (Å²) in [5.41, 5.74) is 0. The highest BCUT2D eigenvalue weighted by atomic mass is 31.2. The number of ketones is 1. The maximum atomic E-state index is 12.7. The van der Waals surface area contributed by atoms with Crippen molar-refractivity contribution in [2.45, 2.75) is 174 Å². The zero-order valence-corrected chi connectivity index (χ0v) is 38.1. The lowest BCUT2D eigenvalue weighted by atomic mass is 10.1. The van der Waals surface area contributed by atoms with Crippen molar-refractivity contribution in [3.05, 3.63) is 60.8 Å². The minimum atomic E-state index is -4.88. The highest BCUT2D eigenvalue weighted by Gasteiger charge is 2.28. The summed E-state index contributed by atoms with van der Waals surface area (Å²) >= 11 is 0. The van der Waals surface area contributed by atoms with Crippen LogP contribution in [0.4, 0.5) is 0 Å². The fourth-order valence-electron chi connectivity index (χ4n) is 5.47. The molecule has 0 aliphatic rings. The molecule has 0 aliphatic heterocycles. The van der Waals surface area contributed by atoms with Crippen molar-refractivity contribution >= 4 is 33.4 Å². The molecule has 0 amide bonds. The van der Waals surface area contributed by atoms with E-state index in [4.69, 9.17) is 23.8 Å². The molecular weight excluding hydrogens is 814 g/mol. The summed E-state index contributed by atoms with van der Waals surface area (Å²) in [4.78, 5) is 64.4. The Morgan fingerprint density at radius 1 is 0.533 bits per heavy atom. The number of carbonyl (C=O) groups excluding carboxylic acids is 3. The van der Waals surface area contributed by atoms with E-state index in [0.29, 0.717) is 25.7 Å². The third-order valence-electron chi connectivity index (χ3n) is 8.85. The Hall–Kier alpha value is -2.51. The number of hydrogen-bond donors (Lipinski definition) is 4. The summed E-state index contributed by atoms with van der Waals surface area (Å²) in [6.07, 6.45) is 37.7. The van der Waals surface area contributed by atoms with Crippen LogP contribution in [0, 0.1) is 0 Å². The van der Waals surface area contributed by atoms with Crippen molar-refractivity contribution in [1.82, 2.24) is 0 Å². The van der Waals surface area contributed by atoms with Crippen molar-refractivity contribution in [3.8, 4) is 0 Å². The molecule has 0 heterocycles. The lowest BCUT2D eigenvalue weighted by molar-refractivity contribution is -0.161. The molecule has 0 rings (SSSR count). The first-order valence-electron chi connectivity index (χ1n) is 21.9. The minimum absolute atomic E-state index is 0.0904. The molecule has 16 heteroatoms. The van der Waals surface area contributed by atoms with Gasteiger partial charge in [-0.2, -0.15) is 0 Å². The van der Waals surface area contributed by atoms with Gasteiger partial charge in [-0.3, -0.25) is 28.0 Å². The molecule has 0 aliphatic carbocycles. The van der Waals surface area contributed by atoms with E-state index in [-0.39, 0.29) is 18.6 Å². The predicted octanol–water partition coefficient (Wildman–Crippen LogP) is 10.4. The third kappa shape index (κ3) is 42.2. The van der Waals surface area contributed by atoms with Crippen LogP contribution in [0.15, 0.2) is 60.8 Å². The van der Waals surface area contributed by atoms with Gasteiger partial charge in [0.2, 0.25) is 0 Å². The normalized spacial score (nSPS) is 14.5. The van der Waals surface area contributed by atoms with E-state index >= 15 is 0 Å². The first kappa shape index (κ1) is 57.5. The molecule has 346 valence electrons. The molecule has 14 nitrogen and oxygen atoms in total. The van der Waals surface area contributed by atoms with Crippen LogP contribution in [0.2, 0.25) is 0 Å². The number of rotatable bonds is 41. The van der Waals surface area contributed by atoms with Crippen LogP contribution >= 0.6 is 15.6 Å². The Morgan fingerprint density at radius 2 is 1.03 bits per heavy atom. The number of unbranched alkanes of at least 4 members (excludes halogenated alkanes) is 14. The number of aliphatic hydroxyl groups is 1. The second kappa shape index (κ2) is 39.3. The van der Waals surface area contributed by atoms with Crippen molar-refractivity contribution in [2.75, 3.05) is 26.4 Å². The summed E-state index contributed by atoms with van der Waals surface area (Å²) in [5.74, 6) is -0.993. The van der Waals surface area contributed by atoms with Gasteiger partial charge in [-0.1, -0.05) is 133 Å². The van der Waals surface area contributed by atoms with Crippen molar-refractivity contribution in [2.24, 2.45) is 0 Å². The molecule has 0 radical (unpaired) electrons. The Labute approximate surface area is 359 Å². The topological polar surface area (TPSA) is 212 Å². The fourth-order valence-corrected chi connectivity index (χ4v) is 6.62. The van der Waals surface area contributed by atoms with Gasteiger partial charge in [0.05, 0.1) is 19.8 Å². The van der Waals surface area contributed by atoms with Crippen LogP contribution in [-0.4, -0.2) is 76.1 Å². The molecular formula is C44H76O14P2. The smallest absolute Gasteiger partial charge is 0.462 e. The average Bonchev–Trinajstić information content (AvgIpc) is 3.20. The molecule has 3 atom stereocenters. The second-order valence-corrected chi connectivity index (χ2v) is 17.3. The third-order valence-corrected chi connectivity index (χ3v) is 10.3. The van der Waals surface area contributed by atoms with E-state index < -0.39 is 66.2 Å². The molecule has 0 aromatic carbocycles. The standard InChI is InChI=1S/C44H76O14P2/c1-3-5-7-8-9-10-11-12-13-14-17-21-24-27-31-35-44(48)58-42(39-57-60(52,53)56-37-41(46)36-55-59(49,50)51)38-54-43(47)34-30-26-23-20-18-15-16-19-22-25-29-33-40(45)32-28-6-4-2/h10-11,15-16,20,22-23,25,29,33,41-42,46H,3-9,12-14,17-19,21,24,26-28,30-32,34-39H2,1-2H3,(H,52,53)(H2,49,50,51)/b11-10-,16-15-,23-20-,25-22-,33-29+/t41-,42+/m0/s1. The van der Waals surface area contributed by atoms with Gasteiger partial charge in [0, 0.05) is 19.3 Å². The van der Waals surface area contributed by atoms with Crippen LogP contribution in [0.5, 0.6) is 0 Å². The van der Waals surface area contributed by atoms with Gasteiger partial charge in [0.25, 0.3) is 0 Å². The summed E-state index contributed by atoms with van der Waals surface area (Å²) in [6.45, 7) is 1.50. The number of carbonyl (C=O) groups is 3. The number of esters is 2. The first-order chi connectivity index (χ1) is 28.8. The SMILES string of the molecule is CCCCCC/C=C\CCCCCCCCCC(=O)O[C@H](COC(=O)CCC/C=C\C/C=C\C/C=C\C=C\C(=O)CCCCC)COP(=O)(O)OC[C@@H](O)COP(=O)(O)O. The van der Waals surface area contributed by atoms with Crippen LogP contribution in [0.3, 0.4) is 0 Å². The molecule has 0 aromatic heterocycles. The van der Waals surface area contributed by atoms with Crippen molar-refractivity contribution < 1.29 is 66.3 Å². The number of phosphoric acid groups is 2. The molecule has 0 saturated carbocycles. The molecule has 0 fully saturated rings. The van der Waals surface area contributed by atoms with Crippen LogP contribution < -0.4 is 0 Å². The lowest BCUT2D eigenvalue weighted by Crippen LogP contribution is -2.30. The molecule has 1 unspecified atom stereocenters. The van der Waals surface area contributed by atoms with Gasteiger partial charge >= 0.3 is 27.6 Å². The maximum absolute atomic E-state index is 12.7. The summed E-state index contributed by atoms with van der Waals surface area (Å²) < 4.78 is 47.7. The molecule has 0 saturated heterocycles. The number of phosphoric ester groups is 2. The van der Waals surface area contributed by atoms with E-state index in [0.717, 1.165) is 77.0 Å². The number of allylic oxidation sites excluding steroid dienone is 10. The van der Waals surface area contributed by atoms with Crippen LogP contribution in [-0.2, 0) is 46.6 Å². The largest absolute Gasteiger partial charge is 0.472 e. The highest BCUT2D eigenvalue weighted by Crippen LogP contribution is 2.43. The van der Waals surface area contributed by atoms with Crippen molar-refractivity contribution in [3.63, 3.8) is 0 Å². The average molecular weight is 891 g/mol. The van der Waals surface area contributed by atoms with E-state index in [1.165, 1.54) is 32.1 Å². The van der Waals surface area contributed by atoms with Gasteiger partial charge in [-0.05, 0) is 70.3 Å². The quantitative estimate of drug-likeness (QED) is 0.0112. The van der Waals surface area contributed by atoms with Crippen LogP contribution in [0.1, 0.15) is 162 Å². The number of aliphatic hydroxyl groups excluding tert-OH is 1. The molecule has 60 heavy (non-hydrogen) atoms. The van der Waals surface area contributed by atoms with Gasteiger partial charge < -0.3 is 29.3 Å². The van der Waals surface area contributed by atoms with E-state index in [1.54, 1.807) is 12.2 Å². The zero-order valence-electron chi connectivity index (χ0n) is 36.3. The van der Waals surface area contributed by atoms with Gasteiger partial charge in [-0.25, -0.2) is 9.13 Å². The van der Waals surface area contributed by atoms with E-state index in [2.05, 4.69) is 35.0 Å². The summed E-state index contributed by atoms with van der Waals surface area (Å²) in [5, 5.41) is 9.74. The van der Waals surface area contributed by atoms with Gasteiger partial charge in [0.15, 0.2) is 11.9 Å². The molecule has 4 N–H and O–H groups in total. The lowest BCUT2D eigenvalue weighted by Gasteiger charge is -2.20. The summed E-state index contributed by atoms with van der Waals surface area (Å²) in [7, 11) is -9.71. The maximum Gasteiger partial charge on any atom is 0.472 e. The zero-order chi connectivity index (χ0) is 44.6. The van der Waals surface area contributed by atoms with Gasteiger partial charge in [-0.15, -0.1) is 0 Å². The van der Waals surface area contributed by atoms with E-state index in [9.17, 15) is 33.5 Å². The minimum Gasteiger partial charge on any atom is -0.462 e. The predicted molar refractivity (Wildman–Crippen MR) is 235 cm³/mol. The van der Waals surface area contributed by atoms with Crippen LogP contribution in [0.25, 0.3) is 0 Å². The number of ether oxygens (including phenoxy) is 2. The Balaban J connectivity index is 4.65. The monoisotopic (exact) mass is 890 g/mol. The number of hydrogen-bond acceptors (Lipinski definition) is 11. The molecule has 0 spiro atoms. The Bertz CT molecular complexity index is 1350. The first-order valence-corrected chi connectivity index (χ1v) is 25.0. The Kier molecular flexibility index (Phi) is 37.7. The Morgan fingerprint density at radius 3 is 1.70 bits per heavy atom. The fraction of sp³-hybridized carbons (Fsp3) is 0.705. The molecule has 0 aromatic rings. The highest BCUT2D eigenvalue weighted by molar-refractivity contribution is 7.47.